The van der Waals surface area contributed by atoms with Gasteiger partial charge in [-0.05, 0) is 72.6 Å². The van der Waals surface area contributed by atoms with E-state index in [1.807, 2.05) is 69.3 Å². The predicted octanol–water partition coefficient (Wildman–Crippen LogP) is 5.05. The fourth-order valence-electron chi connectivity index (χ4n) is 2.77. The van der Waals surface area contributed by atoms with Crippen molar-refractivity contribution in [3.05, 3.63) is 58.1 Å². The fourth-order valence-corrected chi connectivity index (χ4v) is 3.32. The molecule has 0 bridgehead atoms. The second kappa shape index (κ2) is 7.96. The SMILES string of the molecule is COc1cc(/C=C2\C(=O)N(c3ccccc3)N=C2C)cc(Br)c1OC(C)C. The van der Waals surface area contributed by atoms with Crippen LogP contribution in [0.15, 0.2) is 57.6 Å². The number of hydrogen-bond acceptors (Lipinski definition) is 4. The summed E-state index contributed by atoms with van der Waals surface area (Å²) in [4.78, 5) is 12.8. The maximum Gasteiger partial charge on any atom is 0.280 e. The molecule has 5 nitrogen and oxygen atoms in total. The van der Waals surface area contributed by atoms with Gasteiger partial charge in [0.05, 0.1) is 34.7 Å². The molecule has 140 valence electrons. The first-order chi connectivity index (χ1) is 12.9. The number of hydrogen-bond donors (Lipinski definition) is 0. The van der Waals surface area contributed by atoms with Crippen molar-refractivity contribution in [3.63, 3.8) is 0 Å². The van der Waals surface area contributed by atoms with Gasteiger partial charge in [0.1, 0.15) is 0 Å². The number of benzene rings is 2. The number of rotatable bonds is 5. The third kappa shape index (κ3) is 4.06. The molecule has 2 aromatic rings. The number of carbonyl (C=O) groups is 1. The highest BCUT2D eigenvalue weighted by Gasteiger charge is 2.28. The number of carbonyl (C=O) groups excluding carboxylic acids is 1. The summed E-state index contributed by atoms with van der Waals surface area (Å²) in [5.74, 6) is 1.09. The Bertz CT molecular complexity index is 921. The van der Waals surface area contributed by atoms with Gasteiger partial charge in [0, 0.05) is 0 Å². The van der Waals surface area contributed by atoms with E-state index in [-0.39, 0.29) is 12.0 Å². The van der Waals surface area contributed by atoms with E-state index in [0.29, 0.717) is 22.8 Å². The molecule has 0 fully saturated rings. The highest BCUT2D eigenvalue weighted by molar-refractivity contribution is 9.10. The Hall–Kier alpha value is -2.60. The number of anilines is 1. The minimum absolute atomic E-state index is 0.0182. The van der Waals surface area contributed by atoms with Gasteiger partial charge in [0.2, 0.25) is 0 Å². The van der Waals surface area contributed by atoms with Crippen LogP contribution in [0.4, 0.5) is 5.69 Å². The molecule has 0 saturated carbocycles. The van der Waals surface area contributed by atoms with E-state index in [1.54, 1.807) is 7.11 Å². The zero-order valence-corrected chi connectivity index (χ0v) is 17.3. The summed E-state index contributed by atoms with van der Waals surface area (Å²) in [6.45, 7) is 5.74. The summed E-state index contributed by atoms with van der Waals surface area (Å²) >= 11 is 3.54. The molecule has 0 spiro atoms. The van der Waals surface area contributed by atoms with Crippen molar-refractivity contribution < 1.29 is 14.3 Å². The van der Waals surface area contributed by atoms with E-state index in [9.17, 15) is 4.79 Å². The van der Waals surface area contributed by atoms with Crippen molar-refractivity contribution >= 4 is 39.3 Å². The van der Waals surface area contributed by atoms with Crippen molar-refractivity contribution in [3.8, 4) is 11.5 Å². The number of para-hydroxylation sites is 1. The molecule has 0 atom stereocenters. The van der Waals surface area contributed by atoms with Crippen LogP contribution in [0, 0.1) is 0 Å². The first kappa shape index (κ1) is 19.2. The minimum atomic E-state index is -0.156. The molecule has 0 aliphatic carbocycles. The van der Waals surface area contributed by atoms with Crippen LogP contribution in [0.2, 0.25) is 0 Å². The van der Waals surface area contributed by atoms with E-state index in [0.717, 1.165) is 15.7 Å². The molecule has 0 unspecified atom stereocenters. The van der Waals surface area contributed by atoms with Crippen LogP contribution in [0.1, 0.15) is 26.3 Å². The molecule has 0 aromatic heterocycles. The van der Waals surface area contributed by atoms with Gasteiger partial charge in [0.25, 0.3) is 5.91 Å². The lowest BCUT2D eigenvalue weighted by molar-refractivity contribution is -0.114. The van der Waals surface area contributed by atoms with E-state index >= 15 is 0 Å². The Morgan fingerprint density at radius 1 is 1.19 bits per heavy atom. The van der Waals surface area contributed by atoms with Gasteiger partial charge >= 0.3 is 0 Å². The summed E-state index contributed by atoms with van der Waals surface area (Å²) in [6.07, 6.45) is 1.83. The lowest BCUT2D eigenvalue weighted by atomic mass is 10.1. The quantitative estimate of drug-likeness (QED) is 0.625. The third-order valence-corrected chi connectivity index (χ3v) is 4.57. The molecule has 1 heterocycles. The van der Waals surface area contributed by atoms with E-state index < -0.39 is 0 Å². The fraction of sp³-hybridized carbons (Fsp3) is 0.238. The van der Waals surface area contributed by atoms with Gasteiger partial charge in [-0.15, -0.1) is 0 Å². The topological polar surface area (TPSA) is 51.1 Å². The van der Waals surface area contributed by atoms with Crippen molar-refractivity contribution in [1.29, 1.82) is 0 Å². The van der Waals surface area contributed by atoms with Crippen molar-refractivity contribution in [2.75, 3.05) is 12.1 Å². The molecule has 1 aliphatic heterocycles. The van der Waals surface area contributed by atoms with Gasteiger partial charge < -0.3 is 9.47 Å². The van der Waals surface area contributed by atoms with Crippen molar-refractivity contribution in [1.82, 2.24) is 0 Å². The lowest BCUT2D eigenvalue weighted by Gasteiger charge is -2.16. The Morgan fingerprint density at radius 3 is 2.52 bits per heavy atom. The molecule has 2 aromatic carbocycles. The van der Waals surface area contributed by atoms with Gasteiger partial charge in [-0.25, -0.2) is 0 Å². The smallest absolute Gasteiger partial charge is 0.280 e. The minimum Gasteiger partial charge on any atom is -0.493 e. The van der Waals surface area contributed by atoms with Crippen LogP contribution in [0.25, 0.3) is 6.08 Å². The van der Waals surface area contributed by atoms with Crippen LogP contribution in [0.3, 0.4) is 0 Å². The van der Waals surface area contributed by atoms with Crippen LogP contribution in [0.5, 0.6) is 11.5 Å². The Morgan fingerprint density at radius 2 is 1.89 bits per heavy atom. The summed E-state index contributed by atoms with van der Waals surface area (Å²) in [5, 5.41) is 5.82. The summed E-state index contributed by atoms with van der Waals surface area (Å²) < 4.78 is 12.1. The van der Waals surface area contributed by atoms with Gasteiger partial charge in [-0.1, -0.05) is 18.2 Å². The highest BCUT2D eigenvalue weighted by Crippen LogP contribution is 2.38. The Labute approximate surface area is 167 Å². The van der Waals surface area contributed by atoms with Crippen LogP contribution < -0.4 is 14.5 Å². The number of methoxy groups -OCH3 is 1. The lowest BCUT2D eigenvalue weighted by Crippen LogP contribution is -2.21. The second-order valence-corrected chi connectivity index (χ2v) is 7.25. The average Bonchev–Trinajstić information content (AvgIpc) is 2.92. The monoisotopic (exact) mass is 428 g/mol. The van der Waals surface area contributed by atoms with E-state index in [4.69, 9.17) is 9.47 Å². The number of halogens is 1. The standard InChI is InChI=1S/C21H21BrN2O3/c1-13(2)27-20-18(22)11-15(12-19(20)26-4)10-17-14(3)23-24(21(17)25)16-8-6-5-7-9-16/h5-13H,1-4H3/b17-10-. The first-order valence-electron chi connectivity index (χ1n) is 8.61. The average molecular weight is 429 g/mol. The molecular formula is C21H21BrN2O3. The molecule has 6 heteroatoms. The van der Waals surface area contributed by atoms with Crippen LogP contribution >= 0.6 is 15.9 Å². The molecule has 0 N–H and O–H groups in total. The normalized spacial score (nSPS) is 15.5. The van der Waals surface area contributed by atoms with Crippen molar-refractivity contribution in [2.45, 2.75) is 26.9 Å². The largest absolute Gasteiger partial charge is 0.493 e. The summed E-state index contributed by atoms with van der Waals surface area (Å²) in [6, 6.07) is 13.1. The molecule has 1 amide bonds. The molecule has 27 heavy (non-hydrogen) atoms. The summed E-state index contributed by atoms with van der Waals surface area (Å²) in [7, 11) is 1.59. The predicted molar refractivity (Wildman–Crippen MR) is 111 cm³/mol. The molecule has 1 aliphatic rings. The van der Waals surface area contributed by atoms with E-state index in [1.165, 1.54) is 5.01 Å². The number of nitrogens with zero attached hydrogens (tertiary/aromatic N) is 2. The zero-order valence-electron chi connectivity index (χ0n) is 15.7. The maximum absolute atomic E-state index is 12.8. The second-order valence-electron chi connectivity index (χ2n) is 6.40. The molecule has 3 rings (SSSR count). The Kier molecular flexibility index (Phi) is 5.65. The third-order valence-electron chi connectivity index (χ3n) is 3.98. The molecule has 0 radical (unpaired) electrons. The first-order valence-corrected chi connectivity index (χ1v) is 9.41. The summed E-state index contributed by atoms with van der Waals surface area (Å²) in [5.41, 5.74) is 2.78. The number of amides is 1. The van der Waals surface area contributed by atoms with Crippen LogP contribution in [-0.4, -0.2) is 24.8 Å². The van der Waals surface area contributed by atoms with Gasteiger partial charge in [0.15, 0.2) is 11.5 Å². The maximum atomic E-state index is 12.8. The molecular weight excluding hydrogens is 408 g/mol. The Balaban J connectivity index is 1.96. The van der Waals surface area contributed by atoms with Crippen LogP contribution in [-0.2, 0) is 4.79 Å². The number of hydrazone groups is 1. The zero-order chi connectivity index (χ0) is 19.6. The molecule has 0 saturated heterocycles. The highest BCUT2D eigenvalue weighted by atomic mass is 79.9. The number of ether oxygens (including phenoxy) is 2. The van der Waals surface area contributed by atoms with Crippen molar-refractivity contribution in [2.24, 2.45) is 5.10 Å². The van der Waals surface area contributed by atoms with Gasteiger partial charge in [-0.2, -0.15) is 10.1 Å². The van der Waals surface area contributed by atoms with Gasteiger partial charge in [-0.3, -0.25) is 4.79 Å². The van der Waals surface area contributed by atoms with E-state index in [2.05, 4.69) is 21.0 Å².